The molecular formula is C18H17NOS. The highest BCUT2D eigenvalue weighted by atomic mass is 32.2. The summed E-state index contributed by atoms with van der Waals surface area (Å²) in [5, 5.41) is 1.95. The SMILES string of the molecule is CC1=CSC(c2ccccc2)C(=O)N1Cc1ccccc1. The molecule has 2 aromatic carbocycles. The number of allylic oxidation sites excluding steroid dienone is 1. The van der Waals surface area contributed by atoms with Gasteiger partial charge in [-0.05, 0) is 23.5 Å². The molecule has 0 fully saturated rings. The van der Waals surface area contributed by atoms with E-state index >= 15 is 0 Å². The highest BCUT2D eigenvalue weighted by molar-refractivity contribution is 8.03. The topological polar surface area (TPSA) is 20.3 Å². The first-order chi connectivity index (χ1) is 10.3. The average Bonchev–Trinajstić information content (AvgIpc) is 2.53. The lowest BCUT2D eigenvalue weighted by Gasteiger charge is -2.31. The third-order valence-corrected chi connectivity index (χ3v) is 4.80. The molecule has 1 heterocycles. The van der Waals surface area contributed by atoms with Gasteiger partial charge in [0.15, 0.2) is 0 Å². The molecule has 0 bridgehead atoms. The van der Waals surface area contributed by atoms with Gasteiger partial charge in [-0.25, -0.2) is 0 Å². The molecule has 0 saturated carbocycles. The first-order valence-electron chi connectivity index (χ1n) is 6.98. The molecule has 3 heteroatoms. The number of hydrogen-bond donors (Lipinski definition) is 0. The minimum absolute atomic E-state index is 0.140. The summed E-state index contributed by atoms with van der Waals surface area (Å²) >= 11 is 1.59. The van der Waals surface area contributed by atoms with Gasteiger partial charge in [0.25, 0.3) is 0 Å². The quantitative estimate of drug-likeness (QED) is 0.838. The van der Waals surface area contributed by atoms with Crippen LogP contribution in [0.5, 0.6) is 0 Å². The van der Waals surface area contributed by atoms with Crippen molar-refractivity contribution in [2.24, 2.45) is 0 Å². The van der Waals surface area contributed by atoms with Crippen molar-refractivity contribution in [3.05, 3.63) is 82.9 Å². The van der Waals surface area contributed by atoms with Gasteiger partial charge >= 0.3 is 0 Å². The minimum atomic E-state index is -0.140. The Morgan fingerprint density at radius 3 is 2.29 bits per heavy atom. The van der Waals surface area contributed by atoms with Crippen molar-refractivity contribution in [1.82, 2.24) is 4.90 Å². The van der Waals surface area contributed by atoms with Gasteiger partial charge in [-0.1, -0.05) is 60.7 Å². The molecule has 1 aliphatic heterocycles. The first-order valence-corrected chi connectivity index (χ1v) is 7.92. The third-order valence-electron chi connectivity index (χ3n) is 3.58. The van der Waals surface area contributed by atoms with Crippen LogP contribution >= 0.6 is 11.8 Å². The van der Waals surface area contributed by atoms with Crippen LogP contribution in [-0.2, 0) is 11.3 Å². The minimum Gasteiger partial charge on any atom is -0.310 e. The van der Waals surface area contributed by atoms with Crippen molar-refractivity contribution in [2.45, 2.75) is 18.7 Å². The van der Waals surface area contributed by atoms with E-state index in [1.807, 2.05) is 60.4 Å². The molecule has 0 N–H and O–H groups in total. The van der Waals surface area contributed by atoms with E-state index in [0.717, 1.165) is 16.8 Å². The van der Waals surface area contributed by atoms with E-state index in [9.17, 15) is 4.79 Å². The Kier molecular flexibility index (Phi) is 4.11. The summed E-state index contributed by atoms with van der Waals surface area (Å²) in [5.41, 5.74) is 3.23. The van der Waals surface area contributed by atoms with Crippen LogP contribution in [0.4, 0.5) is 0 Å². The van der Waals surface area contributed by atoms with Crippen LogP contribution in [0.1, 0.15) is 23.3 Å². The molecule has 0 saturated heterocycles. The average molecular weight is 295 g/mol. The highest BCUT2D eigenvalue weighted by Gasteiger charge is 2.30. The summed E-state index contributed by atoms with van der Waals surface area (Å²) in [5.74, 6) is 0.162. The molecule has 106 valence electrons. The lowest BCUT2D eigenvalue weighted by molar-refractivity contribution is -0.129. The van der Waals surface area contributed by atoms with E-state index in [0.29, 0.717) is 6.54 Å². The van der Waals surface area contributed by atoms with Gasteiger partial charge in [0, 0.05) is 5.70 Å². The van der Waals surface area contributed by atoms with Crippen molar-refractivity contribution in [3.63, 3.8) is 0 Å². The van der Waals surface area contributed by atoms with Crippen LogP contribution in [0.15, 0.2) is 71.8 Å². The van der Waals surface area contributed by atoms with Gasteiger partial charge in [-0.2, -0.15) is 0 Å². The van der Waals surface area contributed by atoms with Gasteiger partial charge in [-0.15, -0.1) is 11.8 Å². The number of amides is 1. The fraction of sp³-hybridized carbons (Fsp3) is 0.167. The monoisotopic (exact) mass is 295 g/mol. The van der Waals surface area contributed by atoms with E-state index in [-0.39, 0.29) is 11.2 Å². The van der Waals surface area contributed by atoms with Gasteiger partial charge in [0.05, 0.1) is 6.54 Å². The van der Waals surface area contributed by atoms with Gasteiger partial charge in [0.1, 0.15) is 5.25 Å². The van der Waals surface area contributed by atoms with Crippen molar-refractivity contribution in [1.29, 1.82) is 0 Å². The molecule has 1 aliphatic rings. The Hall–Kier alpha value is -2.00. The zero-order chi connectivity index (χ0) is 14.7. The molecule has 0 aromatic heterocycles. The van der Waals surface area contributed by atoms with Gasteiger partial charge in [0.2, 0.25) is 5.91 Å². The molecule has 0 radical (unpaired) electrons. The number of carbonyl (C=O) groups is 1. The molecular weight excluding hydrogens is 278 g/mol. The summed E-state index contributed by atoms with van der Waals surface area (Å²) in [6, 6.07) is 20.1. The van der Waals surface area contributed by atoms with E-state index in [1.165, 1.54) is 0 Å². The lowest BCUT2D eigenvalue weighted by atomic mass is 10.1. The zero-order valence-electron chi connectivity index (χ0n) is 11.9. The molecule has 2 nitrogen and oxygen atoms in total. The van der Waals surface area contributed by atoms with E-state index in [1.54, 1.807) is 11.8 Å². The maximum Gasteiger partial charge on any atom is 0.245 e. The maximum atomic E-state index is 12.8. The van der Waals surface area contributed by atoms with Crippen LogP contribution in [0.3, 0.4) is 0 Å². The Morgan fingerprint density at radius 2 is 1.62 bits per heavy atom. The molecule has 1 unspecified atom stereocenters. The first kappa shape index (κ1) is 14.0. The summed E-state index contributed by atoms with van der Waals surface area (Å²) in [6.07, 6.45) is 0. The fourth-order valence-electron chi connectivity index (χ4n) is 2.42. The second-order valence-electron chi connectivity index (χ2n) is 5.10. The van der Waals surface area contributed by atoms with Crippen molar-refractivity contribution in [3.8, 4) is 0 Å². The molecule has 1 atom stereocenters. The van der Waals surface area contributed by atoms with E-state index in [2.05, 4.69) is 17.5 Å². The van der Waals surface area contributed by atoms with Crippen LogP contribution in [0, 0.1) is 0 Å². The van der Waals surface area contributed by atoms with Crippen LogP contribution in [-0.4, -0.2) is 10.8 Å². The van der Waals surface area contributed by atoms with Crippen molar-refractivity contribution < 1.29 is 4.79 Å². The zero-order valence-corrected chi connectivity index (χ0v) is 12.7. The second-order valence-corrected chi connectivity index (χ2v) is 6.08. The largest absolute Gasteiger partial charge is 0.310 e. The van der Waals surface area contributed by atoms with E-state index < -0.39 is 0 Å². The Balaban J connectivity index is 1.85. The normalized spacial score (nSPS) is 18.5. The van der Waals surface area contributed by atoms with Crippen LogP contribution < -0.4 is 0 Å². The fourth-order valence-corrected chi connectivity index (χ4v) is 3.44. The predicted octanol–water partition coefficient (Wildman–Crippen LogP) is 4.36. The Labute approximate surface area is 129 Å². The number of benzene rings is 2. The highest BCUT2D eigenvalue weighted by Crippen LogP contribution is 2.38. The molecule has 2 aromatic rings. The molecule has 1 amide bonds. The Morgan fingerprint density at radius 1 is 1.00 bits per heavy atom. The molecule has 0 aliphatic carbocycles. The van der Waals surface area contributed by atoms with E-state index in [4.69, 9.17) is 0 Å². The predicted molar refractivity (Wildman–Crippen MR) is 87.5 cm³/mol. The second kappa shape index (κ2) is 6.19. The summed E-state index contributed by atoms with van der Waals surface area (Å²) < 4.78 is 0. The number of hydrogen-bond acceptors (Lipinski definition) is 2. The Bertz CT molecular complexity index is 651. The van der Waals surface area contributed by atoms with Crippen molar-refractivity contribution in [2.75, 3.05) is 0 Å². The van der Waals surface area contributed by atoms with Gasteiger partial charge < -0.3 is 4.90 Å². The number of thioether (sulfide) groups is 1. The number of nitrogens with zero attached hydrogens (tertiary/aromatic N) is 1. The number of carbonyl (C=O) groups excluding carboxylic acids is 1. The third kappa shape index (κ3) is 3.03. The summed E-state index contributed by atoms with van der Waals surface area (Å²) in [7, 11) is 0. The lowest BCUT2D eigenvalue weighted by Crippen LogP contribution is -2.34. The van der Waals surface area contributed by atoms with Crippen molar-refractivity contribution >= 4 is 17.7 Å². The summed E-state index contributed by atoms with van der Waals surface area (Å²) in [4.78, 5) is 14.7. The van der Waals surface area contributed by atoms with Gasteiger partial charge in [-0.3, -0.25) is 4.79 Å². The molecule has 3 rings (SSSR count). The molecule has 0 spiro atoms. The standard InChI is InChI=1S/C18H17NOS/c1-14-13-21-17(16-10-6-3-7-11-16)18(20)19(14)12-15-8-4-2-5-9-15/h2-11,13,17H,12H2,1H3. The number of rotatable bonds is 3. The van der Waals surface area contributed by atoms with Crippen LogP contribution in [0.25, 0.3) is 0 Å². The summed E-state index contributed by atoms with van der Waals surface area (Å²) in [6.45, 7) is 2.63. The maximum absolute atomic E-state index is 12.8. The smallest absolute Gasteiger partial charge is 0.245 e. The van der Waals surface area contributed by atoms with Crippen LogP contribution in [0.2, 0.25) is 0 Å². The molecule has 21 heavy (non-hydrogen) atoms.